The highest BCUT2D eigenvalue weighted by atomic mass is 16.5. The maximum atomic E-state index is 13.0. The Morgan fingerprint density at radius 1 is 1.07 bits per heavy atom. The van der Waals surface area contributed by atoms with Gasteiger partial charge in [0, 0.05) is 17.8 Å². The molecule has 4 aromatic rings. The third-order valence-electron chi connectivity index (χ3n) is 4.48. The van der Waals surface area contributed by atoms with E-state index >= 15 is 0 Å². The molecule has 1 unspecified atom stereocenters. The molecule has 2 aromatic heterocycles. The molecule has 28 heavy (non-hydrogen) atoms. The van der Waals surface area contributed by atoms with Gasteiger partial charge in [-0.2, -0.15) is 0 Å². The highest BCUT2D eigenvalue weighted by Gasteiger charge is 2.19. The number of hydrogen-bond donors (Lipinski definition) is 2. The van der Waals surface area contributed by atoms with E-state index in [-0.39, 0.29) is 11.9 Å². The number of carbonyl (C=O) groups is 1. The van der Waals surface area contributed by atoms with Crippen LogP contribution in [0.25, 0.3) is 11.0 Å². The second kappa shape index (κ2) is 7.92. The van der Waals surface area contributed by atoms with E-state index in [1.807, 2.05) is 55.5 Å². The van der Waals surface area contributed by atoms with Crippen molar-refractivity contribution in [2.24, 2.45) is 0 Å². The maximum Gasteiger partial charge on any atom is 0.252 e. The third kappa shape index (κ3) is 3.71. The first kappa shape index (κ1) is 17.7. The molecule has 1 amide bonds. The van der Waals surface area contributed by atoms with Crippen LogP contribution in [0, 0.1) is 0 Å². The number of pyridine rings is 1. The molecule has 0 saturated carbocycles. The molecule has 0 fully saturated rings. The average molecular weight is 372 g/mol. The second-order valence-electron chi connectivity index (χ2n) is 6.31. The number of ether oxygens (including phenoxy) is 1. The number of benzene rings is 2. The van der Waals surface area contributed by atoms with E-state index in [1.165, 1.54) is 0 Å². The van der Waals surface area contributed by atoms with Crippen molar-refractivity contribution in [3.8, 4) is 5.88 Å². The number of nitrogens with one attached hydrogen (secondary N) is 2. The van der Waals surface area contributed by atoms with Gasteiger partial charge < -0.3 is 15.0 Å². The van der Waals surface area contributed by atoms with Gasteiger partial charge in [0.05, 0.1) is 30.0 Å². The van der Waals surface area contributed by atoms with Crippen molar-refractivity contribution in [2.75, 3.05) is 6.61 Å². The van der Waals surface area contributed by atoms with Crippen LogP contribution in [0.5, 0.6) is 5.88 Å². The highest BCUT2D eigenvalue weighted by molar-refractivity contribution is 5.95. The Kier molecular flexibility index (Phi) is 5.01. The van der Waals surface area contributed by atoms with Crippen LogP contribution in [0.15, 0.2) is 73.2 Å². The minimum absolute atomic E-state index is 0.193. The van der Waals surface area contributed by atoms with Crippen LogP contribution < -0.4 is 10.1 Å². The third-order valence-corrected chi connectivity index (χ3v) is 4.48. The van der Waals surface area contributed by atoms with E-state index in [4.69, 9.17) is 4.74 Å². The molecule has 0 aliphatic rings. The number of imidazole rings is 1. The summed E-state index contributed by atoms with van der Waals surface area (Å²) in [5.74, 6) is 0.243. The van der Waals surface area contributed by atoms with E-state index in [0.29, 0.717) is 18.1 Å². The molecule has 6 heteroatoms. The molecule has 2 aromatic carbocycles. The number of hydrogen-bond acceptors (Lipinski definition) is 4. The highest BCUT2D eigenvalue weighted by Crippen LogP contribution is 2.25. The summed E-state index contributed by atoms with van der Waals surface area (Å²) in [6.07, 6.45) is 3.24. The van der Waals surface area contributed by atoms with Crippen LogP contribution in [0.4, 0.5) is 0 Å². The summed E-state index contributed by atoms with van der Waals surface area (Å²) in [4.78, 5) is 24.5. The molecular formula is C22H20N4O2. The molecule has 0 bridgehead atoms. The summed E-state index contributed by atoms with van der Waals surface area (Å²) in [5.41, 5.74) is 4.28. The van der Waals surface area contributed by atoms with Gasteiger partial charge in [0.15, 0.2) is 0 Å². The predicted octanol–water partition coefficient (Wildman–Crippen LogP) is 3.88. The predicted molar refractivity (Wildman–Crippen MR) is 107 cm³/mol. The first-order valence-corrected chi connectivity index (χ1v) is 9.12. The Labute approximate surface area is 162 Å². The number of rotatable bonds is 6. The zero-order chi connectivity index (χ0) is 19.3. The number of nitrogens with zero attached hydrogens (tertiary/aromatic N) is 2. The van der Waals surface area contributed by atoms with Gasteiger partial charge in [-0.3, -0.25) is 4.79 Å². The van der Waals surface area contributed by atoms with Gasteiger partial charge in [-0.25, -0.2) is 9.97 Å². The lowest BCUT2D eigenvalue weighted by Crippen LogP contribution is -2.29. The summed E-state index contributed by atoms with van der Waals surface area (Å²) in [6, 6.07) is 18.9. The van der Waals surface area contributed by atoms with Crippen LogP contribution in [-0.2, 0) is 0 Å². The number of carbonyl (C=O) groups excluding carboxylic acids is 1. The zero-order valence-corrected chi connectivity index (χ0v) is 15.4. The Hall–Kier alpha value is -3.67. The molecule has 2 N–H and O–H groups in total. The van der Waals surface area contributed by atoms with E-state index in [9.17, 15) is 4.79 Å². The summed E-state index contributed by atoms with van der Waals surface area (Å²) in [5, 5.41) is 3.14. The van der Waals surface area contributed by atoms with Gasteiger partial charge in [-0.05, 0) is 36.2 Å². The number of aromatic amines is 1. The van der Waals surface area contributed by atoms with E-state index in [1.54, 1.807) is 24.7 Å². The molecule has 6 nitrogen and oxygen atoms in total. The zero-order valence-electron chi connectivity index (χ0n) is 15.4. The van der Waals surface area contributed by atoms with E-state index in [2.05, 4.69) is 20.3 Å². The molecule has 140 valence electrons. The Balaban J connectivity index is 1.68. The molecule has 1 atom stereocenters. The van der Waals surface area contributed by atoms with Crippen molar-refractivity contribution < 1.29 is 9.53 Å². The van der Waals surface area contributed by atoms with Crippen LogP contribution in [0.2, 0.25) is 0 Å². The number of amides is 1. The van der Waals surface area contributed by atoms with Crippen LogP contribution in [0.3, 0.4) is 0 Å². The minimum Gasteiger partial charge on any atom is -0.478 e. The lowest BCUT2D eigenvalue weighted by Gasteiger charge is -2.20. The fourth-order valence-corrected chi connectivity index (χ4v) is 3.13. The molecule has 0 radical (unpaired) electrons. The SMILES string of the molecule is CCOc1cc(C(=O)NC(c2ccccc2)c2ccc3nc[nH]c3c2)ccn1. The lowest BCUT2D eigenvalue weighted by molar-refractivity contribution is 0.0942. The number of H-pyrrole nitrogens is 1. The van der Waals surface area contributed by atoms with Gasteiger partial charge in [0.1, 0.15) is 0 Å². The van der Waals surface area contributed by atoms with Crippen molar-refractivity contribution in [1.29, 1.82) is 0 Å². The largest absolute Gasteiger partial charge is 0.478 e. The fraction of sp³-hybridized carbons (Fsp3) is 0.136. The monoisotopic (exact) mass is 372 g/mol. The lowest BCUT2D eigenvalue weighted by atomic mass is 9.98. The van der Waals surface area contributed by atoms with Gasteiger partial charge in [-0.1, -0.05) is 36.4 Å². The van der Waals surface area contributed by atoms with Gasteiger partial charge in [0.2, 0.25) is 5.88 Å². The molecule has 0 aliphatic heterocycles. The number of fused-ring (bicyclic) bond motifs is 1. The molecule has 2 heterocycles. The van der Waals surface area contributed by atoms with E-state index < -0.39 is 0 Å². The first-order chi connectivity index (χ1) is 13.7. The number of aromatic nitrogens is 3. The molecular weight excluding hydrogens is 352 g/mol. The smallest absolute Gasteiger partial charge is 0.252 e. The molecule has 4 rings (SSSR count). The topological polar surface area (TPSA) is 79.9 Å². The van der Waals surface area contributed by atoms with Crippen molar-refractivity contribution in [3.05, 3.63) is 89.9 Å². The maximum absolute atomic E-state index is 13.0. The molecule has 0 saturated heterocycles. The summed E-state index contributed by atoms with van der Waals surface area (Å²) in [7, 11) is 0. The Morgan fingerprint density at radius 2 is 1.93 bits per heavy atom. The minimum atomic E-state index is -0.301. The van der Waals surface area contributed by atoms with Crippen molar-refractivity contribution in [1.82, 2.24) is 20.3 Å². The van der Waals surface area contributed by atoms with Crippen LogP contribution in [-0.4, -0.2) is 27.5 Å². The quantitative estimate of drug-likeness (QED) is 0.538. The van der Waals surface area contributed by atoms with Crippen LogP contribution in [0.1, 0.15) is 34.5 Å². The second-order valence-corrected chi connectivity index (χ2v) is 6.31. The van der Waals surface area contributed by atoms with Crippen molar-refractivity contribution >= 4 is 16.9 Å². The summed E-state index contributed by atoms with van der Waals surface area (Å²) < 4.78 is 5.41. The van der Waals surface area contributed by atoms with Crippen molar-refractivity contribution in [2.45, 2.75) is 13.0 Å². The summed E-state index contributed by atoms with van der Waals surface area (Å²) in [6.45, 7) is 2.38. The van der Waals surface area contributed by atoms with Gasteiger partial charge in [0.25, 0.3) is 5.91 Å². The first-order valence-electron chi connectivity index (χ1n) is 9.12. The summed E-state index contributed by atoms with van der Waals surface area (Å²) >= 11 is 0. The van der Waals surface area contributed by atoms with Gasteiger partial charge in [-0.15, -0.1) is 0 Å². The normalized spacial score (nSPS) is 11.9. The Bertz CT molecular complexity index is 1090. The average Bonchev–Trinajstić information content (AvgIpc) is 3.21. The van der Waals surface area contributed by atoms with Gasteiger partial charge >= 0.3 is 0 Å². The standard InChI is InChI=1S/C22H20N4O2/c1-2-28-20-13-17(10-11-23-20)22(27)26-21(15-6-4-3-5-7-15)16-8-9-18-19(12-16)25-14-24-18/h3-14,21H,2H2,1H3,(H,24,25)(H,26,27). The Morgan fingerprint density at radius 3 is 2.75 bits per heavy atom. The van der Waals surface area contributed by atoms with Crippen LogP contribution >= 0.6 is 0 Å². The fourth-order valence-electron chi connectivity index (χ4n) is 3.13. The molecule has 0 spiro atoms. The molecule has 0 aliphatic carbocycles. The van der Waals surface area contributed by atoms with Crippen molar-refractivity contribution in [3.63, 3.8) is 0 Å². The van der Waals surface area contributed by atoms with E-state index in [0.717, 1.165) is 22.2 Å².